The van der Waals surface area contributed by atoms with Crippen molar-refractivity contribution in [3.05, 3.63) is 47.7 Å². The highest BCUT2D eigenvalue weighted by molar-refractivity contribution is 5.89. The Labute approximate surface area is 130 Å². The van der Waals surface area contributed by atoms with Crippen LogP contribution in [0, 0.1) is 5.92 Å². The van der Waals surface area contributed by atoms with E-state index >= 15 is 0 Å². The normalized spacial score (nSPS) is 23.2. The number of nitrogens with zero attached hydrogens (tertiary/aromatic N) is 1. The van der Waals surface area contributed by atoms with Gasteiger partial charge >= 0.3 is 6.18 Å². The van der Waals surface area contributed by atoms with Crippen molar-refractivity contribution in [2.45, 2.75) is 25.1 Å². The molecule has 1 aliphatic carbocycles. The van der Waals surface area contributed by atoms with Crippen molar-refractivity contribution < 1.29 is 18.0 Å². The van der Waals surface area contributed by atoms with Crippen LogP contribution in [0.1, 0.15) is 17.5 Å². The summed E-state index contributed by atoms with van der Waals surface area (Å²) >= 11 is 0. The number of hydrogen-bond donors (Lipinski definition) is 1. The van der Waals surface area contributed by atoms with Crippen LogP contribution in [0.3, 0.4) is 0 Å². The maximum absolute atomic E-state index is 12.9. The highest BCUT2D eigenvalue weighted by atomic mass is 19.4. The van der Waals surface area contributed by atoms with Crippen LogP contribution < -0.4 is 0 Å². The first-order chi connectivity index (χ1) is 10.9. The van der Waals surface area contributed by atoms with E-state index in [0.29, 0.717) is 22.4 Å². The first-order valence-corrected chi connectivity index (χ1v) is 7.57. The summed E-state index contributed by atoms with van der Waals surface area (Å²) in [6, 6.07) is 3.73. The number of amides is 1. The first-order valence-electron chi connectivity index (χ1n) is 7.57. The fourth-order valence-electron chi connectivity index (χ4n) is 3.56. The quantitative estimate of drug-likeness (QED) is 0.845. The Morgan fingerprint density at radius 1 is 1.30 bits per heavy atom. The number of fused-ring (bicyclic) bond motifs is 3. The number of carbonyl (C=O) groups excluding carboxylic acids is 1. The minimum Gasteiger partial charge on any atom is -0.361 e. The molecular formula is C17H15F3N2O. The molecule has 1 aliphatic heterocycles. The SMILES string of the molecule is O=C(Cc1c[nH]c2ccc(C(F)(F)F)cc12)N1C[C@H]2C=C[C@@H]1C2. The third kappa shape index (κ3) is 2.42. The average Bonchev–Trinajstić information content (AvgIpc) is 3.21. The first kappa shape index (κ1) is 14.4. The highest BCUT2D eigenvalue weighted by Crippen LogP contribution is 2.34. The zero-order chi connectivity index (χ0) is 16.2. The second-order valence-electron chi connectivity index (χ2n) is 6.24. The van der Waals surface area contributed by atoms with Gasteiger partial charge in [0.25, 0.3) is 0 Å². The standard InChI is InChI=1S/C17H15F3N2O/c18-17(19,20)12-2-4-15-14(7-12)11(8-21-15)6-16(23)22-9-10-1-3-13(22)5-10/h1-4,7-8,10,13,21H,5-6,9H2/t10-,13+/m0/s1. The van der Waals surface area contributed by atoms with Crippen LogP contribution in [0.15, 0.2) is 36.5 Å². The van der Waals surface area contributed by atoms with Crippen molar-refractivity contribution in [2.75, 3.05) is 6.54 Å². The number of carbonyl (C=O) groups is 1. The zero-order valence-electron chi connectivity index (χ0n) is 12.2. The second kappa shape index (κ2) is 4.88. The Hall–Kier alpha value is -2.24. The molecule has 0 saturated carbocycles. The van der Waals surface area contributed by atoms with Crippen LogP contribution in [0.2, 0.25) is 0 Å². The monoisotopic (exact) mass is 320 g/mol. The van der Waals surface area contributed by atoms with Crippen molar-refractivity contribution in [3.63, 3.8) is 0 Å². The molecule has 0 unspecified atom stereocenters. The fourth-order valence-corrected chi connectivity index (χ4v) is 3.56. The Morgan fingerprint density at radius 2 is 2.13 bits per heavy atom. The largest absolute Gasteiger partial charge is 0.416 e. The lowest BCUT2D eigenvalue weighted by molar-refractivity contribution is -0.137. The van der Waals surface area contributed by atoms with Gasteiger partial charge in [-0.2, -0.15) is 13.2 Å². The van der Waals surface area contributed by atoms with Crippen LogP contribution in [-0.4, -0.2) is 28.4 Å². The van der Waals surface area contributed by atoms with E-state index in [1.165, 1.54) is 6.07 Å². The van der Waals surface area contributed by atoms with E-state index in [-0.39, 0.29) is 18.4 Å². The Kier molecular flexibility index (Phi) is 3.04. The molecule has 3 nitrogen and oxygen atoms in total. The van der Waals surface area contributed by atoms with Gasteiger partial charge in [0.2, 0.25) is 5.91 Å². The molecule has 1 saturated heterocycles. The summed E-state index contributed by atoms with van der Waals surface area (Å²) in [5.74, 6) is 0.406. The number of aromatic amines is 1. The van der Waals surface area contributed by atoms with Crippen molar-refractivity contribution in [2.24, 2.45) is 5.92 Å². The van der Waals surface area contributed by atoms with E-state index in [9.17, 15) is 18.0 Å². The van der Waals surface area contributed by atoms with Crippen LogP contribution >= 0.6 is 0 Å². The lowest BCUT2D eigenvalue weighted by Crippen LogP contribution is -2.36. The molecule has 0 spiro atoms. The van der Waals surface area contributed by atoms with Crippen LogP contribution in [0.4, 0.5) is 13.2 Å². The molecule has 2 atom stereocenters. The Morgan fingerprint density at radius 3 is 2.78 bits per heavy atom. The number of likely N-dealkylation sites (tertiary alicyclic amines) is 1. The van der Waals surface area contributed by atoms with E-state index in [1.807, 2.05) is 11.0 Å². The van der Waals surface area contributed by atoms with Gasteiger partial charge < -0.3 is 9.88 Å². The lowest BCUT2D eigenvalue weighted by atomic mass is 10.1. The van der Waals surface area contributed by atoms with Gasteiger partial charge in [-0.15, -0.1) is 0 Å². The zero-order valence-corrected chi connectivity index (χ0v) is 12.2. The number of aromatic nitrogens is 1. The van der Waals surface area contributed by atoms with Gasteiger partial charge in [-0.3, -0.25) is 4.79 Å². The highest BCUT2D eigenvalue weighted by Gasteiger charge is 2.36. The summed E-state index contributed by atoms with van der Waals surface area (Å²) in [6.45, 7) is 0.718. The van der Waals surface area contributed by atoms with Gasteiger partial charge in [-0.05, 0) is 36.1 Å². The fraction of sp³-hybridized carbons (Fsp3) is 0.353. The summed E-state index contributed by atoms with van der Waals surface area (Å²) in [6.07, 6.45) is 2.52. The molecule has 2 aliphatic rings. The number of H-pyrrole nitrogens is 1. The molecule has 1 aromatic carbocycles. The predicted molar refractivity (Wildman–Crippen MR) is 79.8 cm³/mol. The number of alkyl halides is 3. The molecule has 1 N–H and O–H groups in total. The van der Waals surface area contributed by atoms with Crippen molar-refractivity contribution in [3.8, 4) is 0 Å². The Balaban J connectivity index is 1.61. The molecule has 23 heavy (non-hydrogen) atoms. The van der Waals surface area contributed by atoms with Crippen molar-refractivity contribution in [1.29, 1.82) is 0 Å². The summed E-state index contributed by atoms with van der Waals surface area (Å²) in [7, 11) is 0. The molecule has 4 rings (SSSR count). The van der Waals surface area contributed by atoms with Crippen molar-refractivity contribution >= 4 is 16.8 Å². The maximum Gasteiger partial charge on any atom is 0.416 e. The number of nitrogens with one attached hydrogen (secondary N) is 1. The predicted octanol–water partition coefficient (Wildman–Crippen LogP) is 3.52. The molecule has 1 fully saturated rings. The van der Waals surface area contributed by atoms with Gasteiger partial charge in [0.15, 0.2) is 0 Å². The maximum atomic E-state index is 12.9. The summed E-state index contributed by atoms with van der Waals surface area (Å²) in [4.78, 5) is 17.3. The molecule has 120 valence electrons. The van der Waals surface area contributed by atoms with Gasteiger partial charge in [0, 0.05) is 23.6 Å². The molecule has 2 aromatic rings. The molecular weight excluding hydrogens is 305 g/mol. The third-order valence-corrected chi connectivity index (χ3v) is 4.74. The molecule has 2 bridgehead atoms. The van der Waals surface area contributed by atoms with E-state index in [4.69, 9.17) is 0 Å². The van der Waals surface area contributed by atoms with E-state index in [1.54, 1.807) is 6.20 Å². The summed E-state index contributed by atoms with van der Waals surface area (Å²) in [5.41, 5.74) is 0.535. The molecule has 0 radical (unpaired) electrons. The van der Waals surface area contributed by atoms with Crippen LogP contribution in [0.5, 0.6) is 0 Å². The average molecular weight is 320 g/mol. The topological polar surface area (TPSA) is 36.1 Å². The minimum absolute atomic E-state index is 0.0276. The van der Waals surface area contributed by atoms with Gasteiger partial charge in [-0.1, -0.05) is 12.2 Å². The van der Waals surface area contributed by atoms with Crippen LogP contribution in [0.25, 0.3) is 10.9 Å². The summed E-state index contributed by atoms with van der Waals surface area (Å²) < 4.78 is 38.6. The van der Waals surface area contributed by atoms with Gasteiger partial charge in [0.05, 0.1) is 18.0 Å². The van der Waals surface area contributed by atoms with E-state index in [0.717, 1.165) is 25.1 Å². The lowest BCUT2D eigenvalue weighted by Gasteiger charge is -2.23. The number of benzene rings is 1. The smallest absolute Gasteiger partial charge is 0.361 e. The van der Waals surface area contributed by atoms with Crippen molar-refractivity contribution in [1.82, 2.24) is 9.88 Å². The summed E-state index contributed by atoms with van der Waals surface area (Å²) in [5, 5.41) is 0.466. The van der Waals surface area contributed by atoms with Crippen LogP contribution in [-0.2, 0) is 17.4 Å². The molecule has 6 heteroatoms. The Bertz CT molecular complexity index is 806. The molecule has 1 aromatic heterocycles. The number of hydrogen-bond acceptors (Lipinski definition) is 1. The van der Waals surface area contributed by atoms with Gasteiger partial charge in [0.1, 0.15) is 0 Å². The third-order valence-electron chi connectivity index (χ3n) is 4.74. The molecule has 2 heterocycles. The number of rotatable bonds is 2. The van der Waals surface area contributed by atoms with E-state index in [2.05, 4.69) is 11.1 Å². The van der Waals surface area contributed by atoms with Gasteiger partial charge in [-0.25, -0.2) is 0 Å². The van der Waals surface area contributed by atoms with E-state index < -0.39 is 11.7 Å². The number of halogens is 3. The second-order valence-corrected chi connectivity index (χ2v) is 6.24. The molecule has 1 amide bonds. The minimum atomic E-state index is -4.38.